The van der Waals surface area contributed by atoms with Crippen LogP contribution in [0.3, 0.4) is 0 Å². The molecule has 0 bridgehead atoms. The molecule has 1 aliphatic rings. The largest absolute Gasteiger partial charge is 0.497 e. The number of anilines is 1. The van der Waals surface area contributed by atoms with Crippen LogP contribution in [-0.2, 0) is 4.79 Å². The maximum Gasteiger partial charge on any atom is 0.258 e. The van der Waals surface area contributed by atoms with Gasteiger partial charge in [0.1, 0.15) is 11.6 Å². The van der Waals surface area contributed by atoms with E-state index < -0.39 is 0 Å². The average Bonchev–Trinajstić information content (AvgIpc) is 3.29. The van der Waals surface area contributed by atoms with E-state index in [1.54, 1.807) is 24.1 Å². The molecule has 26 heavy (non-hydrogen) atoms. The third-order valence-electron chi connectivity index (χ3n) is 4.39. The quantitative estimate of drug-likeness (QED) is 0.719. The normalized spacial score (nSPS) is 16.9. The van der Waals surface area contributed by atoms with E-state index in [0.717, 1.165) is 11.4 Å². The molecule has 0 aliphatic carbocycles. The zero-order chi connectivity index (χ0) is 18.1. The Labute approximate surface area is 149 Å². The molecule has 4 rings (SSSR count). The molecular formula is C19H16FN3O3. The molecule has 1 fully saturated rings. The van der Waals surface area contributed by atoms with Crippen molar-refractivity contribution in [1.82, 2.24) is 10.1 Å². The summed E-state index contributed by atoms with van der Waals surface area (Å²) in [5, 5.41) is 3.99. The number of carbonyl (C=O) groups excluding carboxylic acids is 1. The zero-order valence-corrected chi connectivity index (χ0v) is 14.1. The van der Waals surface area contributed by atoms with Crippen molar-refractivity contribution in [2.75, 3.05) is 18.6 Å². The van der Waals surface area contributed by atoms with Crippen LogP contribution in [0.1, 0.15) is 18.2 Å². The lowest BCUT2D eigenvalue weighted by atomic mass is 10.1. The number of hydrogen-bond acceptors (Lipinski definition) is 5. The van der Waals surface area contributed by atoms with E-state index in [4.69, 9.17) is 9.26 Å². The Morgan fingerprint density at radius 3 is 2.77 bits per heavy atom. The lowest BCUT2D eigenvalue weighted by Gasteiger charge is -2.16. The van der Waals surface area contributed by atoms with Crippen LogP contribution in [-0.4, -0.2) is 29.7 Å². The van der Waals surface area contributed by atoms with Crippen molar-refractivity contribution in [1.29, 1.82) is 0 Å². The molecule has 0 unspecified atom stereocenters. The highest BCUT2D eigenvalue weighted by molar-refractivity contribution is 5.96. The monoisotopic (exact) mass is 353 g/mol. The summed E-state index contributed by atoms with van der Waals surface area (Å²) in [4.78, 5) is 18.4. The van der Waals surface area contributed by atoms with Crippen molar-refractivity contribution in [2.45, 2.75) is 12.3 Å². The Morgan fingerprint density at radius 2 is 2.04 bits per heavy atom. The molecule has 1 amide bonds. The first kappa shape index (κ1) is 16.3. The molecule has 1 aliphatic heterocycles. The zero-order valence-electron chi connectivity index (χ0n) is 14.1. The molecular weight excluding hydrogens is 337 g/mol. The van der Waals surface area contributed by atoms with Gasteiger partial charge in [-0.15, -0.1) is 0 Å². The SMILES string of the molecule is COc1ccc(N2C[C@@H](c3noc(-c4cccc(F)c4)n3)CC2=O)cc1. The molecule has 3 aromatic rings. The standard InChI is InChI=1S/C19H16FN3O3/c1-25-16-7-5-15(6-8-16)23-11-13(10-17(23)24)18-21-19(26-22-18)12-3-2-4-14(20)9-12/h2-9,13H,10-11H2,1H3/t13-/m0/s1. The van der Waals surface area contributed by atoms with Crippen molar-refractivity contribution in [3.63, 3.8) is 0 Å². The van der Waals surface area contributed by atoms with E-state index in [1.807, 2.05) is 24.3 Å². The lowest BCUT2D eigenvalue weighted by Crippen LogP contribution is -2.24. The van der Waals surface area contributed by atoms with Gasteiger partial charge in [0.05, 0.1) is 7.11 Å². The second-order valence-electron chi connectivity index (χ2n) is 6.07. The fraction of sp³-hybridized carbons (Fsp3) is 0.211. The maximum atomic E-state index is 13.4. The van der Waals surface area contributed by atoms with Gasteiger partial charge in [0.15, 0.2) is 5.82 Å². The number of carbonyl (C=O) groups is 1. The van der Waals surface area contributed by atoms with Gasteiger partial charge in [-0.3, -0.25) is 4.79 Å². The smallest absolute Gasteiger partial charge is 0.258 e. The molecule has 0 radical (unpaired) electrons. The van der Waals surface area contributed by atoms with Gasteiger partial charge in [-0.25, -0.2) is 4.39 Å². The second kappa shape index (κ2) is 6.59. The molecule has 1 atom stereocenters. The van der Waals surface area contributed by atoms with Gasteiger partial charge in [0.2, 0.25) is 5.91 Å². The van der Waals surface area contributed by atoms with Crippen LogP contribution in [0.2, 0.25) is 0 Å². The Bertz CT molecular complexity index is 939. The maximum absolute atomic E-state index is 13.4. The highest BCUT2D eigenvalue weighted by Gasteiger charge is 2.34. The van der Waals surface area contributed by atoms with E-state index in [1.165, 1.54) is 12.1 Å². The summed E-state index contributed by atoms with van der Waals surface area (Å²) in [6.45, 7) is 0.466. The number of ether oxygens (including phenoxy) is 1. The molecule has 0 N–H and O–H groups in total. The van der Waals surface area contributed by atoms with Crippen molar-refractivity contribution < 1.29 is 18.4 Å². The van der Waals surface area contributed by atoms with Crippen molar-refractivity contribution in [3.8, 4) is 17.2 Å². The number of rotatable bonds is 4. The minimum Gasteiger partial charge on any atom is -0.497 e. The number of benzene rings is 2. The van der Waals surface area contributed by atoms with Gasteiger partial charge in [-0.1, -0.05) is 11.2 Å². The Balaban J connectivity index is 1.53. The Morgan fingerprint density at radius 1 is 1.23 bits per heavy atom. The highest BCUT2D eigenvalue weighted by atomic mass is 19.1. The molecule has 132 valence electrons. The molecule has 1 saturated heterocycles. The molecule has 1 aromatic heterocycles. The fourth-order valence-electron chi connectivity index (χ4n) is 3.03. The number of nitrogens with zero attached hydrogens (tertiary/aromatic N) is 3. The van der Waals surface area contributed by atoms with Gasteiger partial charge in [0, 0.05) is 30.1 Å². The van der Waals surface area contributed by atoms with E-state index in [0.29, 0.717) is 24.4 Å². The minimum absolute atomic E-state index is 0.00253. The van der Waals surface area contributed by atoms with Gasteiger partial charge < -0.3 is 14.2 Å². The first-order valence-corrected chi connectivity index (χ1v) is 8.18. The van der Waals surface area contributed by atoms with Crippen LogP contribution in [0, 0.1) is 5.82 Å². The third-order valence-corrected chi connectivity index (χ3v) is 4.39. The van der Waals surface area contributed by atoms with Crippen LogP contribution < -0.4 is 9.64 Å². The van der Waals surface area contributed by atoms with Crippen molar-refractivity contribution in [3.05, 3.63) is 60.2 Å². The number of methoxy groups -OCH3 is 1. The summed E-state index contributed by atoms with van der Waals surface area (Å²) in [5.41, 5.74) is 1.31. The van der Waals surface area contributed by atoms with E-state index >= 15 is 0 Å². The van der Waals surface area contributed by atoms with Crippen molar-refractivity contribution in [2.24, 2.45) is 0 Å². The predicted octanol–water partition coefficient (Wildman–Crippen LogP) is 3.40. The first-order chi connectivity index (χ1) is 12.6. The van der Waals surface area contributed by atoms with Crippen molar-refractivity contribution >= 4 is 11.6 Å². The van der Waals surface area contributed by atoms with Crippen LogP contribution in [0.4, 0.5) is 10.1 Å². The summed E-state index contributed by atoms with van der Waals surface area (Å²) in [7, 11) is 1.60. The Kier molecular flexibility index (Phi) is 4.12. The number of amides is 1. The van der Waals surface area contributed by atoms with Gasteiger partial charge >= 0.3 is 0 Å². The highest BCUT2D eigenvalue weighted by Crippen LogP contribution is 2.32. The van der Waals surface area contributed by atoms with Crippen LogP contribution in [0.25, 0.3) is 11.5 Å². The molecule has 2 aromatic carbocycles. The predicted molar refractivity (Wildman–Crippen MR) is 92.4 cm³/mol. The third kappa shape index (κ3) is 3.03. The number of halogens is 1. The molecule has 0 spiro atoms. The fourth-order valence-corrected chi connectivity index (χ4v) is 3.03. The minimum atomic E-state index is -0.371. The van der Waals surface area contributed by atoms with Crippen LogP contribution in [0.15, 0.2) is 53.1 Å². The summed E-state index contributed by atoms with van der Waals surface area (Å²) in [6, 6.07) is 13.3. The number of aromatic nitrogens is 2. The van der Waals surface area contributed by atoms with E-state index in [-0.39, 0.29) is 23.5 Å². The Hall–Kier alpha value is -3.22. The summed E-state index contributed by atoms with van der Waals surface area (Å²) >= 11 is 0. The van der Waals surface area contributed by atoms with Gasteiger partial charge in [-0.05, 0) is 42.5 Å². The summed E-state index contributed by atoms with van der Waals surface area (Å²) in [6.07, 6.45) is 0.300. The number of hydrogen-bond donors (Lipinski definition) is 0. The molecule has 0 saturated carbocycles. The summed E-state index contributed by atoms with van der Waals surface area (Å²) < 4.78 is 23.7. The molecule has 2 heterocycles. The average molecular weight is 353 g/mol. The van der Waals surface area contributed by atoms with Crippen LogP contribution >= 0.6 is 0 Å². The van der Waals surface area contributed by atoms with E-state index in [2.05, 4.69) is 10.1 Å². The second-order valence-corrected chi connectivity index (χ2v) is 6.07. The summed E-state index contributed by atoms with van der Waals surface area (Å²) in [5.74, 6) is 0.884. The van der Waals surface area contributed by atoms with E-state index in [9.17, 15) is 9.18 Å². The van der Waals surface area contributed by atoms with Gasteiger partial charge in [0.25, 0.3) is 5.89 Å². The topological polar surface area (TPSA) is 68.5 Å². The molecule has 7 heteroatoms. The molecule has 6 nitrogen and oxygen atoms in total. The first-order valence-electron chi connectivity index (χ1n) is 8.18. The lowest BCUT2D eigenvalue weighted by molar-refractivity contribution is -0.117. The van der Waals surface area contributed by atoms with Gasteiger partial charge in [-0.2, -0.15) is 4.98 Å². The van der Waals surface area contributed by atoms with Crippen LogP contribution in [0.5, 0.6) is 5.75 Å².